The van der Waals surface area contributed by atoms with Gasteiger partial charge in [0.2, 0.25) is 10.0 Å². The summed E-state index contributed by atoms with van der Waals surface area (Å²) in [6.45, 7) is 4.10. The number of sulfonamides is 1. The van der Waals surface area contributed by atoms with Gasteiger partial charge in [-0.3, -0.25) is 0 Å². The fourth-order valence-electron chi connectivity index (χ4n) is 2.89. The molecular formula is C21H27NO5S. The highest BCUT2D eigenvalue weighted by atomic mass is 32.2. The number of benzene rings is 2. The van der Waals surface area contributed by atoms with Crippen LogP contribution in [0.15, 0.2) is 48.5 Å². The number of hydrogen-bond donors (Lipinski definition) is 1. The predicted molar refractivity (Wildman–Crippen MR) is 109 cm³/mol. The Kier molecular flexibility index (Phi) is 7.60. The molecule has 0 aliphatic carbocycles. The molecule has 7 heteroatoms. The minimum absolute atomic E-state index is 0.167. The predicted octanol–water partition coefficient (Wildman–Crippen LogP) is 3.69. The zero-order valence-electron chi connectivity index (χ0n) is 16.6. The number of esters is 1. The Labute approximate surface area is 166 Å². The quantitative estimate of drug-likeness (QED) is 0.644. The standard InChI is InChI=1S/C21H27NO5S/c1-15(2)13-20(17-9-11-19(26-3)12-10-17)22-28(24,25)14-16-5-7-18(8-6-16)21(23)27-4/h5-12,15,20,22H,13-14H2,1-4H3. The minimum Gasteiger partial charge on any atom is -0.497 e. The minimum atomic E-state index is -3.58. The molecular weight excluding hydrogens is 378 g/mol. The van der Waals surface area contributed by atoms with Crippen LogP contribution in [0.5, 0.6) is 5.75 Å². The van der Waals surface area contributed by atoms with Crippen LogP contribution < -0.4 is 9.46 Å². The molecule has 0 aliphatic rings. The van der Waals surface area contributed by atoms with Crippen molar-refractivity contribution >= 4 is 16.0 Å². The van der Waals surface area contributed by atoms with E-state index >= 15 is 0 Å². The third-order valence-corrected chi connectivity index (χ3v) is 5.64. The van der Waals surface area contributed by atoms with Gasteiger partial charge in [0.05, 0.1) is 25.5 Å². The van der Waals surface area contributed by atoms with Gasteiger partial charge in [-0.25, -0.2) is 17.9 Å². The number of rotatable bonds is 9. The molecule has 0 heterocycles. The van der Waals surface area contributed by atoms with E-state index < -0.39 is 16.0 Å². The fraction of sp³-hybridized carbons (Fsp3) is 0.381. The summed E-state index contributed by atoms with van der Waals surface area (Å²) in [7, 11) is -0.683. The third-order valence-electron chi connectivity index (χ3n) is 4.28. The van der Waals surface area contributed by atoms with E-state index in [0.717, 1.165) is 11.3 Å². The Hall–Kier alpha value is -2.38. The van der Waals surface area contributed by atoms with Crippen molar-refractivity contribution in [1.29, 1.82) is 0 Å². The van der Waals surface area contributed by atoms with Crippen molar-refractivity contribution < 1.29 is 22.7 Å². The molecule has 0 aliphatic heterocycles. The molecule has 2 rings (SSSR count). The van der Waals surface area contributed by atoms with Gasteiger partial charge in [0.25, 0.3) is 0 Å². The second-order valence-electron chi connectivity index (χ2n) is 7.02. The van der Waals surface area contributed by atoms with Crippen molar-refractivity contribution in [1.82, 2.24) is 4.72 Å². The Bertz CT molecular complexity index is 874. The van der Waals surface area contributed by atoms with Crippen molar-refractivity contribution in [3.63, 3.8) is 0 Å². The second-order valence-corrected chi connectivity index (χ2v) is 8.77. The van der Waals surface area contributed by atoms with Crippen LogP contribution in [0, 0.1) is 5.92 Å². The van der Waals surface area contributed by atoms with Crippen LogP contribution in [-0.4, -0.2) is 28.6 Å². The second kappa shape index (κ2) is 9.71. The number of ether oxygens (including phenoxy) is 2. The maximum absolute atomic E-state index is 12.7. The van der Waals surface area contributed by atoms with Gasteiger partial charge in [-0.15, -0.1) is 0 Å². The number of hydrogen-bond acceptors (Lipinski definition) is 5. The fourth-order valence-corrected chi connectivity index (χ4v) is 4.27. The zero-order chi connectivity index (χ0) is 20.7. The topological polar surface area (TPSA) is 81.7 Å². The summed E-state index contributed by atoms with van der Waals surface area (Å²) < 4.78 is 38.1. The molecule has 28 heavy (non-hydrogen) atoms. The van der Waals surface area contributed by atoms with E-state index in [1.165, 1.54) is 7.11 Å². The Morgan fingerprint density at radius 3 is 2.11 bits per heavy atom. The monoisotopic (exact) mass is 405 g/mol. The van der Waals surface area contributed by atoms with Crippen molar-refractivity contribution in [2.45, 2.75) is 32.1 Å². The maximum Gasteiger partial charge on any atom is 0.337 e. The molecule has 0 fully saturated rings. The van der Waals surface area contributed by atoms with Crippen LogP contribution in [0.25, 0.3) is 0 Å². The molecule has 0 saturated heterocycles. The smallest absolute Gasteiger partial charge is 0.337 e. The van der Waals surface area contributed by atoms with Gasteiger partial charge in [0.1, 0.15) is 5.75 Å². The van der Waals surface area contributed by atoms with Crippen LogP contribution in [0.1, 0.15) is 47.8 Å². The van der Waals surface area contributed by atoms with Crippen LogP contribution in [0.4, 0.5) is 0 Å². The largest absolute Gasteiger partial charge is 0.497 e. The highest BCUT2D eigenvalue weighted by Gasteiger charge is 2.21. The Balaban J connectivity index is 2.15. The lowest BCUT2D eigenvalue weighted by atomic mass is 9.98. The van der Waals surface area contributed by atoms with Crippen LogP contribution >= 0.6 is 0 Å². The molecule has 1 unspecified atom stereocenters. The number of nitrogens with one attached hydrogen (secondary N) is 1. The summed E-state index contributed by atoms with van der Waals surface area (Å²) in [5, 5.41) is 0. The first-order chi connectivity index (χ1) is 13.2. The molecule has 0 saturated carbocycles. The third kappa shape index (κ3) is 6.35. The van der Waals surface area contributed by atoms with Gasteiger partial charge in [-0.1, -0.05) is 38.1 Å². The van der Waals surface area contributed by atoms with E-state index in [1.54, 1.807) is 31.4 Å². The number of carbonyl (C=O) groups is 1. The average molecular weight is 406 g/mol. The van der Waals surface area contributed by atoms with E-state index in [9.17, 15) is 13.2 Å². The SMILES string of the molecule is COC(=O)c1ccc(CS(=O)(=O)NC(CC(C)C)c2ccc(OC)cc2)cc1. The van der Waals surface area contributed by atoms with Gasteiger partial charge in [-0.05, 0) is 47.7 Å². The molecule has 0 radical (unpaired) electrons. The first kappa shape index (κ1) is 21.9. The molecule has 2 aromatic rings. The van der Waals surface area contributed by atoms with Gasteiger partial charge in [-0.2, -0.15) is 0 Å². The molecule has 2 aromatic carbocycles. The highest BCUT2D eigenvalue weighted by Crippen LogP contribution is 2.25. The summed E-state index contributed by atoms with van der Waals surface area (Å²) in [6.07, 6.45) is 0.673. The Morgan fingerprint density at radius 2 is 1.61 bits per heavy atom. The number of methoxy groups -OCH3 is 2. The lowest BCUT2D eigenvalue weighted by Gasteiger charge is -2.21. The van der Waals surface area contributed by atoms with Crippen molar-refractivity contribution in [3.8, 4) is 5.75 Å². The summed E-state index contributed by atoms with van der Waals surface area (Å²) in [6, 6.07) is 13.4. The average Bonchev–Trinajstić information content (AvgIpc) is 2.66. The summed E-state index contributed by atoms with van der Waals surface area (Å²) >= 11 is 0. The molecule has 0 spiro atoms. The Morgan fingerprint density at radius 1 is 1.00 bits per heavy atom. The van der Waals surface area contributed by atoms with Gasteiger partial charge < -0.3 is 9.47 Å². The lowest BCUT2D eigenvalue weighted by Crippen LogP contribution is -2.30. The molecule has 1 N–H and O–H groups in total. The van der Waals surface area contributed by atoms with Crippen molar-refractivity contribution in [2.75, 3.05) is 14.2 Å². The number of carbonyl (C=O) groups excluding carboxylic acids is 1. The van der Waals surface area contributed by atoms with Crippen LogP contribution in [0.3, 0.4) is 0 Å². The van der Waals surface area contributed by atoms with Gasteiger partial charge >= 0.3 is 5.97 Å². The van der Waals surface area contributed by atoms with E-state index in [0.29, 0.717) is 23.5 Å². The first-order valence-electron chi connectivity index (χ1n) is 9.05. The van der Waals surface area contributed by atoms with Gasteiger partial charge in [0.15, 0.2) is 0 Å². The maximum atomic E-state index is 12.7. The molecule has 0 amide bonds. The van der Waals surface area contributed by atoms with E-state index in [1.807, 2.05) is 24.3 Å². The molecule has 152 valence electrons. The molecule has 0 aromatic heterocycles. The van der Waals surface area contributed by atoms with Gasteiger partial charge in [0, 0.05) is 6.04 Å². The van der Waals surface area contributed by atoms with E-state index in [2.05, 4.69) is 23.3 Å². The van der Waals surface area contributed by atoms with Crippen molar-refractivity contribution in [2.24, 2.45) is 5.92 Å². The normalized spacial score (nSPS) is 12.6. The lowest BCUT2D eigenvalue weighted by molar-refractivity contribution is 0.0600. The highest BCUT2D eigenvalue weighted by molar-refractivity contribution is 7.88. The summed E-state index contributed by atoms with van der Waals surface area (Å²) in [5.74, 6) is 0.415. The van der Waals surface area contributed by atoms with E-state index in [4.69, 9.17) is 4.74 Å². The van der Waals surface area contributed by atoms with Crippen molar-refractivity contribution in [3.05, 3.63) is 65.2 Å². The first-order valence-corrected chi connectivity index (χ1v) is 10.7. The molecule has 1 atom stereocenters. The van der Waals surface area contributed by atoms with E-state index in [-0.39, 0.29) is 11.8 Å². The zero-order valence-corrected chi connectivity index (χ0v) is 17.5. The van der Waals surface area contributed by atoms with Crippen LogP contribution in [-0.2, 0) is 20.5 Å². The summed E-state index contributed by atoms with van der Waals surface area (Å²) in [5.41, 5.74) is 1.87. The summed E-state index contributed by atoms with van der Waals surface area (Å²) in [4.78, 5) is 11.5. The van der Waals surface area contributed by atoms with Crippen LogP contribution in [0.2, 0.25) is 0 Å². The molecule has 0 bridgehead atoms. The molecule has 6 nitrogen and oxygen atoms in total.